The molecule has 6 heteroatoms. The fourth-order valence-electron chi connectivity index (χ4n) is 4.08. The second-order valence-corrected chi connectivity index (χ2v) is 10.1. The van der Waals surface area contributed by atoms with Crippen molar-refractivity contribution in [1.82, 2.24) is 4.90 Å². The number of anilines is 1. The summed E-state index contributed by atoms with van der Waals surface area (Å²) in [6.45, 7) is 7.57. The Kier molecular flexibility index (Phi) is 6.04. The average Bonchev–Trinajstić information content (AvgIpc) is 3.34. The van der Waals surface area contributed by atoms with Crippen LogP contribution in [0, 0.1) is 13.8 Å². The third-order valence-corrected chi connectivity index (χ3v) is 8.11. The number of thioether (sulfide) groups is 2. The van der Waals surface area contributed by atoms with Crippen LogP contribution < -0.4 is 4.90 Å². The molecule has 1 saturated heterocycles. The Morgan fingerprint density at radius 2 is 1.64 bits per heavy atom. The molecule has 0 spiro atoms. The fourth-order valence-corrected chi connectivity index (χ4v) is 6.46. The lowest BCUT2D eigenvalue weighted by atomic mass is 10.1. The van der Waals surface area contributed by atoms with Gasteiger partial charge in [-0.15, -0.1) is 0 Å². The maximum atomic E-state index is 13.8. The number of hydrogen-bond donors (Lipinski definition) is 0. The highest BCUT2D eigenvalue weighted by Gasteiger charge is 2.39. The van der Waals surface area contributed by atoms with Crippen molar-refractivity contribution in [3.8, 4) is 0 Å². The van der Waals surface area contributed by atoms with E-state index in [1.807, 2.05) is 41.3 Å². The van der Waals surface area contributed by atoms with E-state index < -0.39 is 0 Å². The highest BCUT2D eigenvalue weighted by molar-refractivity contribution is 8.19. The Labute approximate surface area is 203 Å². The van der Waals surface area contributed by atoms with Crippen molar-refractivity contribution in [1.29, 1.82) is 0 Å². The Balaban J connectivity index is 1.58. The molecule has 2 aliphatic heterocycles. The highest BCUT2D eigenvalue weighted by atomic mass is 32.2. The van der Waals surface area contributed by atoms with Crippen LogP contribution in [0.4, 0.5) is 11.4 Å². The molecule has 166 valence electrons. The minimum atomic E-state index is 0.0149. The summed E-state index contributed by atoms with van der Waals surface area (Å²) in [6, 6.07) is 24.7. The highest BCUT2D eigenvalue weighted by Crippen LogP contribution is 2.50. The van der Waals surface area contributed by atoms with Gasteiger partial charge in [0.15, 0.2) is 5.17 Å². The lowest BCUT2D eigenvalue weighted by Crippen LogP contribution is -2.29. The summed E-state index contributed by atoms with van der Waals surface area (Å²) in [5.41, 5.74) is 5.45. The minimum Gasteiger partial charge on any atom is -0.334 e. The molecule has 5 rings (SSSR count). The Bertz CT molecular complexity index is 1280. The van der Waals surface area contributed by atoms with Crippen molar-refractivity contribution >= 4 is 46.0 Å². The number of para-hydroxylation sites is 1. The van der Waals surface area contributed by atoms with Gasteiger partial charge >= 0.3 is 0 Å². The summed E-state index contributed by atoms with van der Waals surface area (Å²) in [5.74, 6) is 0.0149. The van der Waals surface area contributed by atoms with Crippen LogP contribution in [0.5, 0.6) is 0 Å². The van der Waals surface area contributed by atoms with Gasteiger partial charge in [0.05, 0.1) is 17.9 Å². The lowest BCUT2D eigenvalue weighted by Gasteiger charge is -2.19. The van der Waals surface area contributed by atoms with E-state index in [2.05, 4.69) is 62.1 Å². The molecule has 0 saturated carbocycles. The second kappa shape index (κ2) is 9.12. The van der Waals surface area contributed by atoms with Crippen molar-refractivity contribution in [3.63, 3.8) is 0 Å². The Hall–Kier alpha value is -2.96. The number of aryl methyl sites for hydroxylation is 2. The van der Waals surface area contributed by atoms with Gasteiger partial charge in [0.25, 0.3) is 5.91 Å². The molecule has 0 aromatic heterocycles. The van der Waals surface area contributed by atoms with Crippen LogP contribution in [-0.2, 0) is 11.3 Å². The molecule has 0 radical (unpaired) electrons. The van der Waals surface area contributed by atoms with E-state index in [-0.39, 0.29) is 5.91 Å². The van der Waals surface area contributed by atoms with Gasteiger partial charge in [0, 0.05) is 11.4 Å². The largest absolute Gasteiger partial charge is 0.334 e. The number of rotatable bonds is 4. The molecule has 2 heterocycles. The van der Waals surface area contributed by atoms with Crippen molar-refractivity contribution in [2.45, 2.75) is 32.2 Å². The summed E-state index contributed by atoms with van der Waals surface area (Å²) in [7, 11) is 0. The van der Waals surface area contributed by atoms with E-state index in [1.165, 1.54) is 22.2 Å². The zero-order valence-electron chi connectivity index (χ0n) is 18.9. The lowest BCUT2D eigenvalue weighted by molar-refractivity contribution is -0.122. The smallest absolute Gasteiger partial charge is 0.269 e. The molecule has 1 fully saturated rings. The first-order valence-electron chi connectivity index (χ1n) is 11.0. The number of carbonyl (C=O) groups excluding carboxylic acids is 1. The van der Waals surface area contributed by atoms with E-state index >= 15 is 0 Å². The summed E-state index contributed by atoms with van der Waals surface area (Å²) in [4.78, 5) is 24.7. The topological polar surface area (TPSA) is 35.9 Å². The number of carbonyl (C=O) groups is 1. The summed E-state index contributed by atoms with van der Waals surface area (Å²) < 4.78 is 0. The van der Waals surface area contributed by atoms with Crippen LogP contribution >= 0.6 is 23.5 Å². The van der Waals surface area contributed by atoms with Crippen LogP contribution in [0.3, 0.4) is 0 Å². The number of nitrogens with zero attached hydrogens (tertiary/aromatic N) is 3. The first-order valence-corrected chi connectivity index (χ1v) is 12.7. The number of benzene rings is 3. The van der Waals surface area contributed by atoms with Gasteiger partial charge in [-0.3, -0.25) is 9.69 Å². The SMILES string of the molecule is CCN1C(=C2SC(=Nc3ccc(C)cc3C)N(Cc3ccccc3)C2=O)Sc2ccccc21. The van der Waals surface area contributed by atoms with Gasteiger partial charge in [-0.2, -0.15) is 0 Å². The molecule has 0 unspecified atom stereocenters. The molecule has 2 aliphatic rings. The summed E-state index contributed by atoms with van der Waals surface area (Å²) in [6.07, 6.45) is 0. The first-order chi connectivity index (χ1) is 16.0. The molecule has 4 nitrogen and oxygen atoms in total. The zero-order valence-corrected chi connectivity index (χ0v) is 20.5. The predicted octanol–water partition coefficient (Wildman–Crippen LogP) is 6.87. The van der Waals surface area contributed by atoms with Crippen molar-refractivity contribution in [2.24, 2.45) is 4.99 Å². The van der Waals surface area contributed by atoms with Crippen molar-refractivity contribution in [2.75, 3.05) is 11.4 Å². The van der Waals surface area contributed by atoms with Crippen LogP contribution in [0.15, 0.2) is 92.6 Å². The summed E-state index contributed by atoms with van der Waals surface area (Å²) >= 11 is 3.16. The van der Waals surface area contributed by atoms with E-state index in [0.29, 0.717) is 6.54 Å². The normalized spacial score (nSPS) is 19.0. The van der Waals surface area contributed by atoms with Crippen molar-refractivity contribution < 1.29 is 4.79 Å². The van der Waals surface area contributed by atoms with Crippen LogP contribution in [-0.4, -0.2) is 22.5 Å². The van der Waals surface area contributed by atoms with Gasteiger partial charge in [-0.1, -0.05) is 71.9 Å². The molecular weight excluding hydrogens is 446 g/mol. The van der Waals surface area contributed by atoms with Gasteiger partial charge in [-0.25, -0.2) is 4.99 Å². The third kappa shape index (κ3) is 4.21. The average molecular weight is 472 g/mol. The van der Waals surface area contributed by atoms with Crippen molar-refractivity contribution in [3.05, 3.63) is 99.4 Å². The monoisotopic (exact) mass is 471 g/mol. The predicted molar refractivity (Wildman–Crippen MR) is 140 cm³/mol. The van der Waals surface area contributed by atoms with E-state index in [9.17, 15) is 4.79 Å². The van der Waals surface area contributed by atoms with Gasteiger partial charge in [0.2, 0.25) is 0 Å². The van der Waals surface area contributed by atoms with Gasteiger partial charge in [-0.05, 0) is 61.9 Å². The van der Waals surface area contributed by atoms with Crippen LogP contribution in [0.2, 0.25) is 0 Å². The van der Waals surface area contributed by atoms with E-state index in [0.717, 1.165) is 44.1 Å². The third-order valence-electron chi connectivity index (χ3n) is 5.73. The molecule has 3 aromatic carbocycles. The molecule has 0 bridgehead atoms. The molecular formula is C27H25N3OS2. The zero-order chi connectivity index (χ0) is 22.9. The Morgan fingerprint density at radius 3 is 2.39 bits per heavy atom. The number of hydrogen-bond acceptors (Lipinski definition) is 5. The summed E-state index contributed by atoms with van der Waals surface area (Å²) in [5, 5.41) is 1.73. The standard InChI is InChI=1S/C27H25N3OS2/c1-4-29-22-12-8-9-13-23(22)32-26(29)24-25(31)30(17-20-10-6-5-7-11-20)27(33-24)28-21-15-14-18(2)16-19(21)3/h5-16H,4,17H2,1-3H3. The van der Waals surface area contributed by atoms with E-state index in [4.69, 9.17) is 4.99 Å². The molecule has 0 N–H and O–H groups in total. The molecule has 33 heavy (non-hydrogen) atoms. The minimum absolute atomic E-state index is 0.0149. The van der Waals surface area contributed by atoms with E-state index in [1.54, 1.807) is 11.8 Å². The quantitative estimate of drug-likeness (QED) is 0.389. The first kappa shape index (κ1) is 21.9. The maximum absolute atomic E-state index is 13.8. The maximum Gasteiger partial charge on any atom is 0.269 e. The molecule has 1 amide bonds. The molecule has 0 atom stereocenters. The number of aliphatic imine (C=N–C) groups is 1. The number of amidine groups is 1. The fraction of sp³-hybridized carbons (Fsp3) is 0.185. The van der Waals surface area contributed by atoms with Gasteiger partial charge < -0.3 is 4.90 Å². The van der Waals surface area contributed by atoms with Crippen LogP contribution in [0.25, 0.3) is 0 Å². The van der Waals surface area contributed by atoms with Crippen LogP contribution in [0.1, 0.15) is 23.6 Å². The Morgan fingerprint density at radius 1 is 0.879 bits per heavy atom. The molecule has 3 aromatic rings. The number of fused-ring (bicyclic) bond motifs is 1. The number of amides is 1. The molecule has 0 aliphatic carbocycles. The van der Waals surface area contributed by atoms with Gasteiger partial charge in [0.1, 0.15) is 9.93 Å². The second-order valence-electron chi connectivity index (χ2n) is 8.11.